The van der Waals surface area contributed by atoms with Crippen molar-refractivity contribution in [2.45, 2.75) is 25.3 Å². The van der Waals surface area contributed by atoms with Gasteiger partial charge in [-0.05, 0) is 18.4 Å². The van der Waals surface area contributed by atoms with Crippen molar-refractivity contribution < 1.29 is 18.3 Å². The van der Waals surface area contributed by atoms with E-state index in [2.05, 4.69) is 14.9 Å². The Morgan fingerprint density at radius 2 is 1.86 bits per heavy atom. The molecule has 3 atom stereocenters. The zero-order valence-corrected chi connectivity index (χ0v) is 17.8. The summed E-state index contributed by atoms with van der Waals surface area (Å²) in [4.78, 5) is 14.1. The molecule has 11 heteroatoms. The number of rotatable bonds is 6. The molecule has 1 aromatic carbocycles. The summed E-state index contributed by atoms with van der Waals surface area (Å²) in [7, 11) is -3.95. The highest BCUT2D eigenvalue weighted by Crippen LogP contribution is 2.57. The number of carboxylic acid groups (broad SMARTS) is 1. The molecule has 1 unspecified atom stereocenters. The van der Waals surface area contributed by atoms with E-state index in [-0.39, 0.29) is 19.0 Å². The fraction of sp³-hybridized carbons (Fsp3) is 0.500. The van der Waals surface area contributed by atoms with Gasteiger partial charge in [-0.2, -0.15) is 17.4 Å². The number of aromatic nitrogens is 2. The average Bonchev–Trinajstić information content (AvgIpc) is 3.05. The number of aliphatic carboxylic acids is 1. The van der Waals surface area contributed by atoms with Gasteiger partial charge < -0.3 is 10.0 Å². The molecule has 1 aromatic heterocycles. The van der Waals surface area contributed by atoms with E-state index in [1.807, 2.05) is 42.2 Å². The third-order valence-electron chi connectivity index (χ3n) is 5.77. The van der Waals surface area contributed by atoms with Crippen molar-refractivity contribution >= 4 is 32.6 Å². The maximum absolute atomic E-state index is 13.0. The van der Waals surface area contributed by atoms with Gasteiger partial charge in [-0.25, -0.2) is 0 Å². The second-order valence-corrected chi connectivity index (χ2v) is 10.3. The molecule has 1 aliphatic heterocycles. The fourth-order valence-electron chi connectivity index (χ4n) is 4.11. The molecule has 9 nitrogen and oxygen atoms in total. The monoisotopic (exact) mass is 437 g/mol. The van der Waals surface area contributed by atoms with Crippen molar-refractivity contribution in [2.75, 3.05) is 31.1 Å². The lowest BCUT2D eigenvalue weighted by Crippen LogP contribution is -2.56. The molecule has 156 valence electrons. The summed E-state index contributed by atoms with van der Waals surface area (Å²) < 4.78 is 29.9. The summed E-state index contributed by atoms with van der Waals surface area (Å²) in [5, 5.41) is 19.6. The minimum atomic E-state index is -3.95. The molecular weight excluding hydrogens is 414 g/mol. The Labute approximate surface area is 173 Å². The largest absolute Gasteiger partial charge is 0.480 e. The molecule has 1 saturated heterocycles. The Morgan fingerprint density at radius 3 is 2.41 bits per heavy atom. The van der Waals surface area contributed by atoms with Crippen molar-refractivity contribution in [3.8, 4) is 0 Å². The van der Waals surface area contributed by atoms with Gasteiger partial charge in [0.25, 0.3) is 10.2 Å². The van der Waals surface area contributed by atoms with Gasteiger partial charge in [0.05, 0.1) is 0 Å². The van der Waals surface area contributed by atoms with Gasteiger partial charge in [0.15, 0.2) is 0 Å². The van der Waals surface area contributed by atoms with Crippen LogP contribution in [0.3, 0.4) is 0 Å². The number of nitrogens with one attached hydrogen (secondary N) is 1. The van der Waals surface area contributed by atoms with E-state index in [9.17, 15) is 18.3 Å². The van der Waals surface area contributed by atoms with E-state index >= 15 is 0 Å². The van der Waals surface area contributed by atoms with Crippen molar-refractivity contribution in [3.05, 3.63) is 40.9 Å². The Bertz CT molecular complexity index is 1000. The van der Waals surface area contributed by atoms with Gasteiger partial charge in [0, 0.05) is 32.1 Å². The highest BCUT2D eigenvalue weighted by Gasteiger charge is 2.70. The molecule has 4 rings (SSSR count). The zero-order chi connectivity index (χ0) is 20.8. The summed E-state index contributed by atoms with van der Waals surface area (Å²) in [6.07, 6.45) is 0. The molecule has 2 aliphatic rings. The third-order valence-corrected chi connectivity index (χ3v) is 8.31. The number of piperazine rings is 1. The maximum atomic E-state index is 13.0. The quantitative estimate of drug-likeness (QED) is 0.694. The van der Waals surface area contributed by atoms with Crippen molar-refractivity contribution in [3.63, 3.8) is 0 Å². The smallest absolute Gasteiger partial charge is 0.325 e. The van der Waals surface area contributed by atoms with Gasteiger partial charge in [-0.1, -0.05) is 48.6 Å². The molecule has 2 heterocycles. The molecule has 0 bridgehead atoms. The molecule has 29 heavy (non-hydrogen) atoms. The van der Waals surface area contributed by atoms with E-state index in [1.54, 1.807) is 6.92 Å². The third kappa shape index (κ3) is 3.52. The second-order valence-electron chi connectivity index (χ2n) is 7.45. The van der Waals surface area contributed by atoms with Crippen LogP contribution in [0.1, 0.15) is 23.4 Å². The lowest BCUT2D eigenvalue weighted by molar-refractivity contribution is -0.140. The van der Waals surface area contributed by atoms with Crippen LogP contribution < -0.4 is 9.62 Å². The second kappa shape index (κ2) is 7.31. The lowest BCUT2D eigenvalue weighted by atomic mass is 10.1. The Balaban J connectivity index is 1.48. The van der Waals surface area contributed by atoms with Crippen molar-refractivity contribution in [1.82, 2.24) is 19.2 Å². The van der Waals surface area contributed by atoms with Crippen LogP contribution in [0.5, 0.6) is 0 Å². The Kier molecular flexibility index (Phi) is 5.09. The van der Waals surface area contributed by atoms with Crippen LogP contribution in [-0.2, 0) is 15.0 Å². The highest BCUT2D eigenvalue weighted by atomic mass is 32.2. The molecule has 2 fully saturated rings. The van der Waals surface area contributed by atoms with Gasteiger partial charge >= 0.3 is 5.97 Å². The van der Waals surface area contributed by atoms with Crippen LogP contribution in [0.25, 0.3) is 0 Å². The molecule has 0 spiro atoms. The minimum absolute atomic E-state index is 0.258. The molecule has 1 saturated carbocycles. The Morgan fingerprint density at radius 1 is 1.21 bits per heavy atom. The number of carbonyl (C=O) groups is 1. The number of carboxylic acids is 1. The van der Waals surface area contributed by atoms with Crippen LogP contribution in [0.15, 0.2) is 30.3 Å². The molecular formula is C18H23N5O4S2. The molecule has 0 amide bonds. The molecule has 1 aliphatic carbocycles. The number of benzene rings is 1. The van der Waals surface area contributed by atoms with Crippen LogP contribution in [0.2, 0.25) is 0 Å². The van der Waals surface area contributed by atoms with Crippen LogP contribution >= 0.6 is 11.3 Å². The number of hydrogen-bond donors (Lipinski definition) is 2. The first-order chi connectivity index (χ1) is 13.8. The van der Waals surface area contributed by atoms with Gasteiger partial charge in [0.1, 0.15) is 10.5 Å². The highest BCUT2D eigenvalue weighted by molar-refractivity contribution is 7.87. The van der Waals surface area contributed by atoms with Crippen LogP contribution in [-0.4, -0.2) is 65.7 Å². The van der Waals surface area contributed by atoms with Gasteiger partial charge in [-0.3, -0.25) is 4.79 Å². The molecule has 2 aromatic rings. The first-order valence-corrected chi connectivity index (χ1v) is 11.6. The van der Waals surface area contributed by atoms with E-state index < -0.39 is 27.6 Å². The minimum Gasteiger partial charge on any atom is -0.480 e. The molecule has 0 radical (unpaired) electrons. The van der Waals surface area contributed by atoms with Crippen LogP contribution in [0.4, 0.5) is 5.13 Å². The van der Waals surface area contributed by atoms with Crippen LogP contribution in [0, 0.1) is 12.8 Å². The summed E-state index contributed by atoms with van der Waals surface area (Å²) in [5.41, 5.74) is -0.699. The predicted octanol–water partition coefficient (Wildman–Crippen LogP) is 1.06. The van der Waals surface area contributed by atoms with Crippen molar-refractivity contribution in [2.24, 2.45) is 5.92 Å². The fourth-order valence-corrected chi connectivity index (χ4v) is 6.45. The average molecular weight is 438 g/mol. The number of anilines is 1. The van der Waals surface area contributed by atoms with Gasteiger partial charge in [0.2, 0.25) is 5.13 Å². The molecule has 2 N–H and O–H groups in total. The van der Waals surface area contributed by atoms with Gasteiger partial charge in [-0.15, -0.1) is 10.2 Å². The first kappa shape index (κ1) is 20.2. The van der Waals surface area contributed by atoms with Crippen molar-refractivity contribution in [1.29, 1.82) is 0 Å². The van der Waals surface area contributed by atoms with E-state index in [1.165, 1.54) is 15.6 Å². The summed E-state index contributed by atoms with van der Waals surface area (Å²) in [6.45, 7) is 5.11. The zero-order valence-electron chi connectivity index (χ0n) is 16.1. The predicted molar refractivity (Wildman–Crippen MR) is 109 cm³/mol. The van der Waals surface area contributed by atoms with E-state index in [0.717, 1.165) is 15.7 Å². The number of aryl methyl sites for hydroxylation is 1. The van der Waals surface area contributed by atoms with E-state index in [0.29, 0.717) is 13.1 Å². The lowest BCUT2D eigenvalue weighted by Gasteiger charge is -2.34. The standard InChI is InChI=1S/C18H23N5O4S2/c1-12-15(14-6-4-3-5-7-14)18(12,16(24)25)21-29(26,27)23-10-8-22(9-11-23)17-20-19-13(2)28-17/h3-7,12,15,21H,8-11H2,1-2H3,(H,24,25)/t12?,15-,18+/m1/s1. The first-order valence-electron chi connectivity index (χ1n) is 9.38. The normalized spacial score (nSPS) is 27.7. The summed E-state index contributed by atoms with van der Waals surface area (Å²) in [6, 6.07) is 9.18. The van der Waals surface area contributed by atoms with E-state index in [4.69, 9.17) is 0 Å². The topological polar surface area (TPSA) is 116 Å². The SMILES string of the molecule is Cc1nnc(N2CCN(S(=O)(=O)N[C@@]3(C(=O)O)C(C)[C@@H]3c3ccccc3)CC2)s1. The maximum Gasteiger partial charge on any atom is 0.325 e. The summed E-state index contributed by atoms with van der Waals surface area (Å²) >= 11 is 1.47. The summed E-state index contributed by atoms with van der Waals surface area (Å²) in [5.74, 6) is -1.89. The number of nitrogens with zero attached hydrogens (tertiary/aromatic N) is 4. The Hall–Kier alpha value is -2.08. The number of hydrogen-bond acceptors (Lipinski definition) is 7.